The molecule has 7 aromatic carbocycles. The molecular weight excluding hydrogens is 611 g/mol. The van der Waals surface area contributed by atoms with E-state index < -0.39 is 0 Å². The number of hydrogen-bond donors (Lipinski definition) is 0. The van der Waals surface area contributed by atoms with Gasteiger partial charge in [-0.05, 0) is 72.8 Å². The first-order valence-corrected chi connectivity index (χ1v) is 16.6. The van der Waals surface area contributed by atoms with Gasteiger partial charge in [0.15, 0.2) is 5.82 Å². The number of rotatable bonds is 9. The maximum atomic E-state index is 5.22. The standard InChI is InChI=1S/C45H33N5/c1-6-18-34(19-7-1)45-46-43(35-20-16-30-41(32-35)49(37-22-8-2-9-23-37)38-24-10-3-11-25-38)44(47-48-45)36-21-17-31-42(33-36)50(39-26-12-4-13-27-39)40-28-14-5-15-29-40/h1-33H. The van der Waals surface area contributed by atoms with E-state index in [1.807, 2.05) is 54.6 Å². The van der Waals surface area contributed by atoms with Crippen molar-refractivity contribution >= 4 is 34.1 Å². The summed E-state index contributed by atoms with van der Waals surface area (Å²) in [5.41, 5.74) is 10.5. The lowest BCUT2D eigenvalue weighted by Crippen LogP contribution is -2.10. The highest BCUT2D eigenvalue weighted by Crippen LogP contribution is 2.40. The van der Waals surface area contributed by atoms with Gasteiger partial charge in [0.05, 0.1) is 0 Å². The topological polar surface area (TPSA) is 45.2 Å². The SMILES string of the molecule is c1ccc(-c2nnc(-c3cccc(N(c4ccccc4)c4ccccc4)c3)c(-c3cccc(N(c4ccccc4)c4ccccc4)c3)n2)cc1. The minimum atomic E-state index is 0.573. The average Bonchev–Trinajstić information content (AvgIpc) is 3.20. The Hall–Kier alpha value is -6.85. The Balaban J connectivity index is 1.29. The van der Waals surface area contributed by atoms with Gasteiger partial charge in [-0.1, -0.05) is 127 Å². The summed E-state index contributed by atoms with van der Waals surface area (Å²) in [4.78, 5) is 9.73. The fourth-order valence-corrected chi connectivity index (χ4v) is 6.22. The van der Waals surface area contributed by atoms with E-state index in [0.29, 0.717) is 11.5 Å². The molecule has 0 saturated heterocycles. The van der Waals surface area contributed by atoms with Crippen molar-refractivity contribution in [2.24, 2.45) is 0 Å². The summed E-state index contributed by atoms with van der Waals surface area (Å²) in [6, 6.07) is 68.6. The van der Waals surface area contributed by atoms with Crippen LogP contribution in [0.15, 0.2) is 200 Å². The first-order chi connectivity index (χ1) is 24.8. The van der Waals surface area contributed by atoms with Crippen LogP contribution in [0.4, 0.5) is 34.1 Å². The second-order valence-corrected chi connectivity index (χ2v) is 11.8. The second-order valence-electron chi connectivity index (χ2n) is 11.8. The van der Waals surface area contributed by atoms with Crippen molar-refractivity contribution < 1.29 is 0 Å². The second kappa shape index (κ2) is 14.1. The molecule has 1 aromatic heterocycles. The summed E-state index contributed by atoms with van der Waals surface area (Å²) >= 11 is 0. The molecule has 0 saturated carbocycles. The van der Waals surface area contributed by atoms with E-state index >= 15 is 0 Å². The average molecular weight is 644 g/mol. The zero-order chi connectivity index (χ0) is 33.5. The van der Waals surface area contributed by atoms with Crippen LogP contribution in [0.1, 0.15) is 0 Å². The van der Waals surface area contributed by atoms with Gasteiger partial charge < -0.3 is 9.80 Å². The van der Waals surface area contributed by atoms with Gasteiger partial charge in [-0.2, -0.15) is 0 Å². The molecule has 8 aromatic rings. The van der Waals surface area contributed by atoms with E-state index in [4.69, 9.17) is 10.1 Å². The van der Waals surface area contributed by atoms with Crippen molar-refractivity contribution in [3.8, 4) is 33.9 Å². The third kappa shape index (κ3) is 6.36. The molecule has 5 heteroatoms. The molecule has 0 radical (unpaired) electrons. The number of anilines is 6. The van der Waals surface area contributed by atoms with Gasteiger partial charge in [-0.3, -0.25) is 0 Å². The molecule has 238 valence electrons. The van der Waals surface area contributed by atoms with Gasteiger partial charge >= 0.3 is 0 Å². The molecule has 0 fully saturated rings. The molecule has 0 aliphatic rings. The van der Waals surface area contributed by atoms with Crippen LogP contribution in [0.2, 0.25) is 0 Å². The molecule has 8 rings (SSSR count). The Labute approximate surface area is 292 Å². The summed E-state index contributed by atoms with van der Waals surface area (Å²) in [6.45, 7) is 0. The maximum Gasteiger partial charge on any atom is 0.182 e. The molecule has 1 heterocycles. The number of benzene rings is 7. The van der Waals surface area contributed by atoms with E-state index in [1.54, 1.807) is 0 Å². The molecule has 0 amide bonds. The Bertz CT molecular complexity index is 2240. The molecule has 5 nitrogen and oxygen atoms in total. The van der Waals surface area contributed by atoms with E-state index in [0.717, 1.165) is 56.5 Å². The van der Waals surface area contributed by atoms with Crippen molar-refractivity contribution in [1.29, 1.82) is 0 Å². The zero-order valence-electron chi connectivity index (χ0n) is 27.3. The number of nitrogens with zero attached hydrogens (tertiary/aromatic N) is 5. The highest BCUT2D eigenvalue weighted by atomic mass is 15.2. The van der Waals surface area contributed by atoms with Crippen LogP contribution in [0, 0.1) is 0 Å². The summed E-state index contributed by atoms with van der Waals surface area (Å²) in [5, 5.41) is 9.56. The summed E-state index contributed by atoms with van der Waals surface area (Å²) in [7, 11) is 0. The largest absolute Gasteiger partial charge is 0.310 e. The summed E-state index contributed by atoms with van der Waals surface area (Å²) in [6.07, 6.45) is 0. The number of aromatic nitrogens is 3. The fourth-order valence-electron chi connectivity index (χ4n) is 6.22. The van der Waals surface area contributed by atoms with Gasteiger partial charge in [0, 0.05) is 50.8 Å². The third-order valence-corrected chi connectivity index (χ3v) is 8.53. The first-order valence-electron chi connectivity index (χ1n) is 16.6. The van der Waals surface area contributed by atoms with E-state index in [2.05, 4.69) is 160 Å². The lowest BCUT2D eigenvalue weighted by Gasteiger charge is -2.26. The third-order valence-electron chi connectivity index (χ3n) is 8.53. The van der Waals surface area contributed by atoms with Crippen LogP contribution in [0.25, 0.3) is 33.9 Å². The lowest BCUT2D eigenvalue weighted by molar-refractivity contribution is 0.991. The Morgan fingerprint density at radius 3 is 1.04 bits per heavy atom. The van der Waals surface area contributed by atoms with E-state index in [9.17, 15) is 0 Å². The van der Waals surface area contributed by atoms with Crippen LogP contribution in [0.3, 0.4) is 0 Å². The first kappa shape index (κ1) is 30.5. The quantitative estimate of drug-likeness (QED) is 0.157. The van der Waals surface area contributed by atoms with Crippen molar-refractivity contribution in [2.75, 3.05) is 9.80 Å². The van der Waals surface area contributed by atoms with Crippen LogP contribution in [-0.4, -0.2) is 15.2 Å². The van der Waals surface area contributed by atoms with Crippen LogP contribution >= 0.6 is 0 Å². The van der Waals surface area contributed by atoms with Crippen molar-refractivity contribution in [3.05, 3.63) is 200 Å². The van der Waals surface area contributed by atoms with Crippen LogP contribution in [0.5, 0.6) is 0 Å². The zero-order valence-corrected chi connectivity index (χ0v) is 27.3. The Kier molecular flexibility index (Phi) is 8.60. The van der Waals surface area contributed by atoms with Gasteiger partial charge in [0.25, 0.3) is 0 Å². The highest BCUT2D eigenvalue weighted by Gasteiger charge is 2.20. The molecule has 0 aliphatic carbocycles. The Morgan fingerprint density at radius 2 is 0.620 bits per heavy atom. The number of para-hydroxylation sites is 4. The van der Waals surface area contributed by atoms with Gasteiger partial charge in [-0.15, -0.1) is 10.2 Å². The van der Waals surface area contributed by atoms with E-state index in [1.165, 1.54) is 0 Å². The van der Waals surface area contributed by atoms with Gasteiger partial charge in [-0.25, -0.2) is 4.98 Å². The summed E-state index contributed by atoms with van der Waals surface area (Å²) < 4.78 is 0. The molecule has 0 bridgehead atoms. The summed E-state index contributed by atoms with van der Waals surface area (Å²) in [5.74, 6) is 0.573. The minimum Gasteiger partial charge on any atom is -0.310 e. The van der Waals surface area contributed by atoms with Crippen molar-refractivity contribution in [3.63, 3.8) is 0 Å². The van der Waals surface area contributed by atoms with Crippen molar-refractivity contribution in [1.82, 2.24) is 15.2 Å². The molecule has 0 atom stereocenters. The van der Waals surface area contributed by atoms with Crippen LogP contribution in [-0.2, 0) is 0 Å². The molecular formula is C45H33N5. The monoisotopic (exact) mass is 643 g/mol. The lowest BCUT2D eigenvalue weighted by atomic mass is 10.0. The predicted octanol–water partition coefficient (Wildman–Crippen LogP) is 11.8. The fraction of sp³-hybridized carbons (Fsp3) is 0. The van der Waals surface area contributed by atoms with E-state index in [-0.39, 0.29) is 0 Å². The minimum absolute atomic E-state index is 0.573. The highest BCUT2D eigenvalue weighted by molar-refractivity contribution is 5.86. The molecule has 0 spiro atoms. The molecule has 50 heavy (non-hydrogen) atoms. The number of hydrogen-bond acceptors (Lipinski definition) is 5. The van der Waals surface area contributed by atoms with Crippen LogP contribution < -0.4 is 9.80 Å². The maximum absolute atomic E-state index is 5.22. The van der Waals surface area contributed by atoms with Gasteiger partial charge in [0.2, 0.25) is 0 Å². The molecule has 0 N–H and O–H groups in total. The molecule has 0 aliphatic heterocycles. The molecule has 0 unspecified atom stereocenters. The Morgan fingerprint density at radius 1 is 0.280 bits per heavy atom. The van der Waals surface area contributed by atoms with Gasteiger partial charge in [0.1, 0.15) is 11.4 Å². The predicted molar refractivity (Wildman–Crippen MR) is 206 cm³/mol. The smallest absolute Gasteiger partial charge is 0.182 e. The normalized spacial score (nSPS) is 10.8. The van der Waals surface area contributed by atoms with Crippen molar-refractivity contribution in [2.45, 2.75) is 0 Å².